The number of nitrogens with one attached hydrogen (secondary N) is 2. The van der Waals surface area contributed by atoms with Crippen LogP contribution in [0.3, 0.4) is 0 Å². The summed E-state index contributed by atoms with van der Waals surface area (Å²) in [5, 5.41) is 16.4. The third-order valence-electron chi connectivity index (χ3n) is 5.16. The van der Waals surface area contributed by atoms with Crippen LogP contribution in [0.4, 0.5) is 17.5 Å². The molecule has 3 rings (SSSR count). The normalized spacial score (nSPS) is 12.3. The Morgan fingerprint density at radius 1 is 1.03 bits per heavy atom. The first-order valence-corrected chi connectivity index (χ1v) is 10.4. The standard InChI is InChI=1S/C24H31N5O/c1-15(2)20-9-8-19(11-17(20)5)26-23-12-21(18-7-6-10-25-13-18)27-24(29-23)28-22(14-30)16(3)4/h6-13,15-16,22,30H,14H2,1-5H3,(H2,26,27,28,29)/t22-/m0/s1. The van der Waals surface area contributed by atoms with Gasteiger partial charge in [0.15, 0.2) is 0 Å². The van der Waals surface area contributed by atoms with Gasteiger partial charge in [-0.15, -0.1) is 0 Å². The SMILES string of the molecule is Cc1cc(Nc2cc(-c3cccnc3)nc(N[C@@H](CO)C(C)C)n2)ccc1C(C)C. The van der Waals surface area contributed by atoms with Gasteiger partial charge in [0, 0.05) is 29.7 Å². The largest absolute Gasteiger partial charge is 0.394 e. The van der Waals surface area contributed by atoms with Crippen LogP contribution in [0.5, 0.6) is 0 Å². The molecule has 3 aromatic rings. The zero-order valence-corrected chi connectivity index (χ0v) is 18.3. The number of hydrogen-bond donors (Lipinski definition) is 3. The van der Waals surface area contributed by atoms with E-state index in [1.165, 1.54) is 11.1 Å². The maximum Gasteiger partial charge on any atom is 0.225 e. The Hall–Kier alpha value is -2.99. The molecule has 0 spiro atoms. The summed E-state index contributed by atoms with van der Waals surface area (Å²) in [6.07, 6.45) is 3.52. The van der Waals surface area contributed by atoms with Crippen molar-refractivity contribution in [2.45, 2.75) is 46.6 Å². The Labute approximate surface area is 178 Å². The molecule has 0 saturated carbocycles. The number of aliphatic hydroxyl groups excluding tert-OH is 1. The third-order valence-corrected chi connectivity index (χ3v) is 5.16. The highest BCUT2D eigenvalue weighted by Crippen LogP contribution is 2.26. The number of nitrogens with zero attached hydrogens (tertiary/aromatic N) is 3. The number of aryl methyl sites for hydroxylation is 1. The molecule has 2 aromatic heterocycles. The van der Waals surface area contributed by atoms with Crippen LogP contribution in [-0.4, -0.2) is 32.7 Å². The second kappa shape index (κ2) is 9.67. The van der Waals surface area contributed by atoms with Gasteiger partial charge in [-0.2, -0.15) is 4.98 Å². The second-order valence-electron chi connectivity index (χ2n) is 8.23. The summed E-state index contributed by atoms with van der Waals surface area (Å²) >= 11 is 0. The van der Waals surface area contributed by atoms with E-state index >= 15 is 0 Å². The number of pyridine rings is 1. The maximum atomic E-state index is 9.71. The molecule has 0 unspecified atom stereocenters. The number of hydrogen-bond acceptors (Lipinski definition) is 6. The molecule has 6 heteroatoms. The van der Waals surface area contributed by atoms with Crippen LogP contribution < -0.4 is 10.6 Å². The van der Waals surface area contributed by atoms with Crippen LogP contribution in [0, 0.1) is 12.8 Å². The van der Waals surface area contributed by atoms with Crippen LogP contribution in [0.1, 0.15) is 44.7 Å². The van der Waals surface area contributed by atoms with Crippen molar-refractivity contribution in [2.75, 3.05) is 17.2 Å². The quantitative estimate of drug-likeness (QED) is 0.481. The lowest BCUT2D eigenvalue weighted by molar-refractivity contribution is 0.248. The average Bonchev–Trinajstić information content (AvgIpc) is 2.72. The van der Waals surface area contributed by atoms with Crippen molar-refractivity contribution >= 4 is 17.5 Å². The summed E-state index contributed by atoms with van der Waals surface area (Å²) < 4.78 is 0. The molecule has 0 aliphatic heterocycles. The van der Waals surface area contributed by atoms with Gasteiger partial charge in [0.2, 0.25) is 5.95 Å². The van der Waals surface area contributed by atoms with Gasteiger partial charge in [-0.25, -0.2) is 4.98 Å². The fraction of sp³-hybridized carbons (Fsp3) is 0.375. The van der Waals surface area contributed by atoms with Crippen molar-refractivity contribution in [2.24, 2.45) is 5.92 Å². The van der Waals surface area contributed by atoms with E-state index < -0.39 is 0 Å². The molecule has 0 aliphatic carbocycles. The molecule has 0 saturated heterocycles. The zero-order valence-electron chi connectivity index (χ0n) is 18.3. The molecule has 3 N–H and O–H groups in total. The number of benzene rings is 1. The predicted octanol–water partition coefficient (Wildman–Crippen LogP) is 5.14. The molecule has 0 amide bonds. The fourth-order valence-corrected chi connectivity index (χ4v) is 3.38. The number of rotatable bonds is 8. The molecule has 30 heavy (non-hydrogen) atoms. The molecular formula is C24H31N5O. The van der Waals surface area contributed by atoms with Crippen LogP contribution in [0.2, 0.25) is 0 Å². The minimum atomic E-state index is -0.130. The van der Waals surface area contributed by atoms with Gasteiger partial charge in [-0.1, -0.05) is 33.8 Å². The van der Waals surface area contributed by atoms with Crippen molar-refractivity contribution in [3.63, 3.8) is 0 Å². The zero-order chi connectivity index (χ0) is 21.7. The van der Waals surface area contributed by atoms with Gasteiger partial charge in [0.25, 0.3) is 0 Å². The van der Waals surface area contributed by atoms with Crippen molar-refractivity contribution in [3.8, 4) is 11.3 Å². The predicted molar refractivity (Wildman–Crippen MR) is 123 cm³/mol. The Balaban J connectivity index is 1.96. The van der Waals surface area contributed by atoms with Gasteiger partial charge in [0.05, 0.1) is 18.3 Å². The lowest BCUT2D eigenvalue weighted by Gasteiger charge is -2.21. The Bertz CT molecular complexity index is 973. The Morgan fingerprint density at radius 3 is 2.43 bits per heavy atom. The molecule has 0 radical (unpaired) electrons. The first-order chi connectivity index (χ1) is 14.4. The lowest BCUT2D eigenvalue weighted by Crippen LogP contribution is -2.30. The van der Waals surface area contributed by atoms with E-state index in [0.717, 1.165) is 16.9 Å². The van der Waals surface area contributed by atoms with Gasteiger partial charge >= 0.3 is 0 Å². The topological polar surface area (TPSA) is 83.0 Å². The van der Waals surface area contributed by atoms with Crippen LogP contribution in [0.25, 0.3) is 11.3 Å². The number of anilines is 3. The Kier molecular flexibility index (Phi) is 7.00. The lowest BCUT2D eigenvalue weighted by atomic mass is 9.98. The fourth-order valence-electron chi connectivity index (χ4n) is 3.38. The average molecular weight is 406 g/mol. The summed E-state index contributed by atoms with van der Waals surface area (Å²) in [5.74, 6) is 1.88. The molecular weight excluding hydrogens is 374 g/mol. The molecule has 158 valence electrons. The highest BCUT2D eigenvalue weighted by Gasteiger charge is 2.15. The molecule has 1 atom stereocenters. The summed E-state index contributed by atoms with van der Waals surface area (Å²) in [6.45, 7) is 10.6. The van der Waals surface area contributed by atoms with E-state index in [0.29, 0.717) is 17.7 Å². The molecule has 6 nitrogen and oxygen atoms in total. The summed E-state index contributed by atoms with van der Waals surface area (Å²) in [4.78, 5) is 13.5. The van der Waals surface area contributed by atoms with E-state index in [2.05, 4.69) is 78.4 Å². The van der Waals surface area contributed by atoms with E-state index in [1.807, 2.05) is 18.2 Å². The first-order valence-electron chi connectivity index (χ1n) is 10.4. The minimum Gasteiger partial charge on any atom is -0.394 e. The first kappa shape index (κ1) is 21.7. The molecule has 0 bridgehead atoms. The van der Waals surface area contributed by atoms with Crippen molar-refractivity contribution in [1.82, 2.24) is 15.0 Å². The summed E-state index contributed by atoms with van der Waals surface area (Å²) in [5.41, 5.74) is 5.22. The van der Waals surface area contributed by atoms with Crippen molar-refractivity contribution < 1.29 is 5.11 Å². The van der Waals surface area contributed by atoms with Gasteiger partial charge < -0.3 is 15.7 Å². The van der Waals surface area contributed by atoms with Crippen molar-refractivity contribution in [1.29, 1.82) is 0 Å². The molecule has 2 heterocycles. The molecule has 0 aliphatic rings. The molecule has 0 fully saturated rings. The monoisotopic (exact) mass is 405 g/mol. The van der Waals surface area contributed by atoms with E-state index in [1.54, 1.807) is 12.4 Å². The number of aliphatic hydroxyl groups is 1. The number of aromatic nitrogens is 3. The van der Waals surface area contributed by atoms with Crippen LogP contribution in [0.15, 0.2) is 48.8 Å². The minimum absolute atomic E-state index is 0.0107. The van der Waals surface area contributed by atoms with Gasteiger partial charge in [0.1, 0.15) is 5.82 Å². The highest BCUT2D eigenvalue weighted by molar-refractivity contribution is 5.67. The van der Waals surface area contributed by atoms with E-state index in [4.69, 9.17) is 0 Å². The van der Waals surface area contributed by atoms with Crippen molar-refractivity contribution in [3.05, 3.63) is 59.9 Å². The van der Waals surface area contributed by atoms with E-state index in [-0.39, 0.29) is 18.6 Å². The van der Waals surface area contributed by atoms with Gasteiger partial charge in [-0.3, -0.25) is 4.98 Å². The Morgan fingerprint density at radius 2 is 1.83 bits per heavy atom. The van der Waals surface area contributed by atoms with E-state index in [9.17, 15) is 5.11 Å². The van der Waals surface area contributed by atoms with Crippen LogP contribution >= 0.6 is 0 Å². The summed E-state index contributed by atoms with van der Waals surface area (Å²) in [7, 11) is 0. The molecule has 1 aromatic carbocycles. The second-order valence-corrected chi connectivity index (χ2v) is 8.23. The van der Waals surface area contributed by atoms with Crippen LogP contribution in [-0.2, 0) is 0 Å². The third kappa shape index (κ3) is 5.33. The summed E-state index contributed by atoms with van der Waals surface area (Å²) in [6, 6.07) is 12.0. The smallest absolute Gasteiger partial charge is 0.225 e. The van der Waals surface area contributed by atoms with Gasteiger partial charge in [-0.05, 0) is 54.2 Å². The highest BCUT2D eigenvalue weighted by atomic mass is 16.3. The maximum absolute atomic E-state index is 9.71.